The third-order valence-corrected chi connectivity index (χ3v) is 2.85. The largest absolute Gasteiger partial charge is 0.298 e. The van der Waals surface area contributed by atoms with Crippen LogP contribution in [-0.2, 0) is 0 Å². The summed E-state index contributed by atoms with van der Waals surface area (Å²) in [5.74, 6) is 0. The van der Waals surface area contributed by atoms with Gasteiger partial charge >= 0.3 is 0 Å². The molecule has 0 amide bonds. The topological polar surface area (TPSA) is 30.0 Å². The van der Waals surface area contributed by atoms with Crippen LogP contribution in [0.4, 0.5) is 0 Å². The van der Waals surface area contributed by atoms with Gasteiger partial charge in [-0.15, -0.1) is 0 Å². The number of pyridine rings is 1. The number of halogens is 2. The molecule has 0 bridgehead atoms. The van der Waals surface area contributed by atoms with Crippen LogP contribution in [-0.4, -0.2) is 11.3 Å². The molecule has 0 radical (unpaired) electrons. The zero-order chi connectivity index (χ0) is 11.5. The van der Waals surface area contributed by atoms with Gasteiger partial charge in [0.05, 0.1) is 5.56 Å². The van der Waals surface area contributed by atoms with Crippen LogP contribution in [0.25, 0.3) is 11.1 Å². The van der Waals surface area contributed by atoms with E-state index in [1.54, 1.807) is 18.3 Å². The zero-order valence-corrected chi connectivity index (χ0v) is 9.66. The Morgan fingerprint density at radius 3 is 2.50 bits per heavy atom. The van der Waals surface area contributed by atoms with Crippen LogP contribution in [0.2, 0.25) is 10.2 Å². The molecular weight excluding hydrogens is 245 g/mol. The first-order chi connectivity index (χ1) is 7.74. The molecule has 80 valence electrons. The Bertz CT molecular complexity index is 540. The summed E-state index contributed by atoms with van der Waals surface area (Å²) in [6.07, 6.45) is 2.24. The van der Waals surface area contributed by atoms with Crippen LogP contribution >= 0.6 is 23.2 Å². The molecule has 4 heteroatoms. The van der Waals surface area contributed by atoms with Gasteiger partial charge in [0.15, 0.2) is 6.29 Å². The molecule has 0 N–H and O–H groups in total. The third-order valence-electron chi connectivity index (χ3n) is 2.22. The predicted molar refractivity (Wildman–Crippen MR) is 65.1 cm³/mol. The number of carbonyl (C=O) groups is 1. The average molecular weight is 252 g/mol. The Balaban J connectivity index is 2.69. The molecule has 0 aliphatic heterocycles. The molecule has 1 aromatic carbocycles. The Morgan fingerprint density at radius 2 is 1.81 bits per heavy atom. The second-order valence-corrected chi connectivity index (χ2v) is 3.93. The zero-order valence-electron chi connectivity index (χ0n) is 8.15. The summed E-state index contributed by atoms with van der Waals surface area (Å²) in [5, 5.41) is 0.764. The van der Waals surface area contributed by atoms with Crippen molar-refractivity contribution in [1.29, 1.82) is 0 Å². The summed E-state index contributed by atoms with van der Waals surface area (Å²) in [6, 6.07) is 9.00. The van der Waals surface area contributed by atoms with E-state index in [4.69, 9.17) is 23.2 Å². The summed E-state index contributed by atoms with van der Waals surface area (Å²) in [4.78, 5) is 14.8. The fourth-order valence-electron chi connectivity index (χ4n) is 1.47. The van der Waals surface area contributed by atoms with Gasteiger partial charge in [-0.3, -0.25) is 4.79 Å². The van der Waals surface area contributed by atoms with E-state index in [0.29, 0.717) is 22.4 Å². The smallest absolute Gasteiger partial charge is 0.153 e. The fourth-order valence-corrected chi connectivity index (χ4v) is 1.91. The Hall–Kier alpha value is -1.38. The van der Waals surface area contributed by atoms with E-state index in [0.717, 1.165) is 5.56 Å². The number of aromatic nitrogens is 1. The van der Waals surface area contributed by atoms with Crippen molar-refractivity contribution >= 4 is 29.5 Å². The van der Waals surface area contributed by atoms with Crippen molar-refractivity contribution in [3.8, 4) is 11.1 Å². The van der Waals surface area contributed by atoms with Crippen molar-refractivity contribution in [3.05, 3.63) is 52.3 Å². The van der Waals surface area contributed by atoms with Crippen molar-refractivity contribution in [3.63, 3.8) is 0 Å². The highest BCUT2D eigenvalue weighted by molar-refractivity contribution is 6.34. The second kappa shape index (κ2) is 4.64. The maximum absolute atomic E-state index is 11.0. The first kappa shape index (κ1) is 11.1. The van der Waals surface area contributed by atoms with E-state index in [1.165, 1.54) is 0 Å². The van der Waals surface area contributed by atoms with E-state index in [9.17, 15) is 4.79 Å². The normalized spacial score (nSPS) is 10.1. The molecular formula is C12H7Cl2NO. The van der Waals surface area contributed by atoms with Gasteiger partial charge in [0, 0.05) is 16.8 Å². The highest BCUT2D eigenvalue weighted by atomic mass is 35.5. The maximum Gasteiger partial charge on any atom is 0.153 e. The predicted octanol–water partition coefficient (Wildman–Crippen LogP) is 3.87. The summed E-state index contributed by atoms with van der Waals surface area (Å²) < 4.78 is 0. The molecule has 0 atom stereocenters. The monoisotopic (exact) mass is 251 g/mol. The first-order valence-corrected chi connectivity index (χ1v) is 5.34. The highest BCUT2D eigenvalue weighted by Crippen LogP contribution is 2.31. The lowest BCUT2D eigenvalue weighted by Gasteiger charge is -2.07. The van der Waals surface area contributed by atoms with E-state index in [2.05, 4.69) is 4.98 Å². The maximum atomic E-state index is 11.0. The van der Waals surface area contributed by atoms with Gasteiger partial charge in [-0.25, -0.2) is 4.98 Å². The van der Waals surface area contributed by atoms with Gasteiger partial charge in [0.2, 0.25) is 0 Å². The van der Waals surface area contributed by atoms with Crippen molar-refractivity contribution < 1.29 is 4.79 Å². The van der Waals surface area contributed by atoms with Crippen molar-refractivity contribution in [2.24, 2.45) is 0 Å². The van der Waals surface area contributed by atoms with Crippen molar-refractivity contribution in [2.45, 2.75) is 0 Å². The summed E-state index contributed by atoms with van der Waals surface area (Å²) in [5.41, 5.74) is 1.83. The molecule has 2 rings (SSSR count). The SMILES string of the molecule is O=Cc1c(-c2ccccc2Cl)ccnc1Cl. The molecule has 0 fully saturated rings. The molecule has 0 spiro atoms. The Kier molecular flexibility index (Phi) is 3.22. The number of aldehydes is 1. The van der Waals surface area contributed by atoms with Crippen molar-refractivity contribution in [1.82, 2.24) is 4.98 Å². The summed E-state index contributed by atoms with van der Waals surface area (Å²) in [6.45, 7) is 0. The summed E-state index contributed by atoms with van der Waals surface area (Å²) >= 11 is 11.9. The van der Waals surface area contributed by atoms with Gasteiger partial charge < -0.3 is 0 Å². The summed E-state index contributed by atoms with van der Waals surface area (Å²) in [7, 11) is 0. The van der Waals surface area contributed by atoms with Gasteiger partial charge in [-0.1, -0.05) is 41.4 Å². The Morgan fingerprint density at radius 1 is 1.06 bits per heavy atom. The average Bonchev–Trinajstić information content (AvgIpc) is 2.29. The minimum atomic E-state index is 0.187. The molecule has 0 aliphatic carbocycles. The van der Waals surface area contributed by atoms with E-state index < -0.39 is 0 Å². The lowest BCUT2D eigenvalue weighted by atomic mass is 10.0. The molecule has 2 nitrogen and oxygen atoms in total. The highest BCUT2D eigenvalue weighted by Gasteiger charge is 2.11. The van der Waals surface area contributed by atoms with Gasteiger partial charge in [0.1, 0.15) is 5.15 Å². The van der Waals surface area contributed by atoms with E-state index in [1.807, 2.05) is 18.2 Å². The van der Waals surface area contributed by atoms with Crippen LogP contribution < -0.4 is 0 Å². The molecule has 0 saturated heterocycles. The molecule has 1 heterocycles. The van der Waals surface area contributed by atoms with E-state index >= 15 is 0 Å². The van der Waals surface area contributed by atoms with Gasteiger partial charge in [0.25, 0.3) is 0 Å². The number of nitrogens with zero attached hydrogens (tertiary/aromatic N) is 1. The first-order valence-electron chi connectivity index (χ1n) is 4.58. The molecule has 2 aromatic rings. The van der Waals surface area contributed by atoms with Crippen molar-refractivity contribution in [2.75, 3.05) is 0 Å². The second-order valence-electron chi connectivity index (χ2n) is 3.16. The Labute approximate surface area is 103 Å². The van der Waals surface area contributed by atoms with Crippen LogP contribution in [0.5, 0.6) is 0 Å². The standard InChI is InChI=1S/C12H7Cl2NO/c13-11-4-2-1-3-9(11)8-5-6-15-12(14)10(8)7-16/h1-7H. The van der Waals surface area contributed by atoms with Gasteiger partial charge in [-0.05, 0) is 17.7 Å². The van der Waals surface area contributed by atoms with E-state index in [-0.39, 0.29) is 5.15 Å². The number of carbonyl (C=O) groups excluding carboxylic acids is 1. The molecule has 0 aliphatic rings. The molecule has 0 unspecified atom stereocenters. The number of hydrogen-bond acceptors (Lipinski definition) is 2. The minimum Gasteiger partial charge on any atom is -0.298 e. The number of hydrogen-bond donors (Lipinski definition) is 0. The molecule has 1 aromatic heterocycles. The quantitative estimate of drug-likeness (QED) is 0.599. The number of rotatable bonds is 2. The van der Waals surface area contributed by atoms with Crippen LogP contribution in [0.1, 0.15) is 10.4 Å². The van der Waals surface area contributed by atoms with Gasteiger partial charge in [-0.2, -0.15) is 0 Å². The third kappa shape index (κ3) is 1.94. The van der Waals surface area contributed by atoms with Crippen LogP contribution in [0.3, 0.4) is 0 Å². The molecule has 0 saturated carbocycles. The lowest BCUT2D eigenvalue weighted by molar-refractivity contribution is 0.112. The fraction of sp³-hybridized carbons (Fsp3) is 0. The minimum absolute atomic E-state index is 0.187. The lowest BCUT2D eigenvalue weighted by Crippen LogP contribution is -1.91. The van der Waals surface area contributed by atoms with Crippen LogP contribution in [0.15, 0.2) is 36.5 Å². The number of benzene rings is 1. The molecule has 16 heavy (non-hydrogen) atoms. The van der Waals surface area contributed by atoms with Crippen LogP contribution in [0, 0.1) is 0 Å².